The Morgan fingerprint density at radius 1 is 0.957 bits per heavy atom. The Morgan fingerprint density at radius 2 is 1.65 bits per heavy atom. The number of esters is 1. The van der Waals surface area contributed by atoms with Gasteiger partial charge in [0.25, 0.3) is 5.91 Å². The van der Waals surface area contributed by atoms with Gasteiger partial charge in [0.2, 0.25) is 0 Å². The average molecular weight is 311 g/mol. The topological polar surface area (TPSA) is 55.4 Å². The minimum Gasteiger partial charge on any atom is -0.469 e. The summed E-state index contributed by atoms with van der Waals surface area (Å²) in [6.07, 6.45) is 1.55. The van der Waals surface area contributed by atoms with Crippen LogP contribution in [-0.2, 0) is 22.4 Å². The summed E-state index contributed by atoms with van der Waals surface area (Å²) in [5, 5.41) is 2.93. The number of ether oxygens (including phenoxy) is 1. The first-order chi connectivity index (χ1) is 11.2. The first-order valence-electron chi connectivity index (χ1n) is 7.67. The van der Waals surface area contributed by atoms with Gasteiger partial charge in [-0.15, -0.1) is 0 Å². The summed E-state index contributed by atoms with van der Waals surface area (Å²) in [5.74, 6) is -0.384. The lowest BCUT2D eigenvalue weighted by Gasteiger charge is -2.10. The summed E-state index contributed by atoms with van der Waals surface area (Å²) in [7, 11) is 1.37. The second-order valence-corrected chi connectivity index (χ2v) is 5.22. The monoisotopic (exact) mass is 311 g/mol. The van der Waals surface area contributed by atoms with Gasteiger partial charge in [-0.05, 0) is 30.0 Å². The summed E-state index contributed by atoms with van der Waals surface area (Å²) in [6.45, 7) is 0.578. The first-order valence-corrected chi connectivity index (χ1v) is 7.67. The summed E-state index contributed by atoms with van der Waals surface area (Å²) < 4.78 is 4.65. The molecule has 0 aliphatic rings. The smallest absolute Gasteiger partial charge is 0.305 e. The fourth-order valence-electron chi connectivity index (χ4n) is 2.36. The third kappa shape index (κ3) is 5.25. The van der Waals surface area contributed by atoms with E-state index in [0.717, 1.165) is 12.0 Å². The third-order valence-electron chi connectivity index (χ3n) is 3.63. The molecule has 4 nitrogen and oxygen atoms in total. The van der Waals surface area contributed by atoms with E-state index in [0.29, 0.717) is 18.5 Å². The maximum absolute atomic E-state index is 12.3. The van der Waals surface area contributed by atoms with Crippen molar-refractivity contribution >= 4 is 11.9 Å². The average Bonchev–Trinajstić information content (AvgIpc) is 2.60. The Morgan fingerprint density at radius 3 is 2.39 bits per heavy atom. The number of nitrogens with one attached hydrogen (secondary N) is 1. The molecule has 23 heavy (non-hydrogen) atoms. The van der Waals surface area contributed by atoms with Gasteiger partial charge in [0.15, 0.2) is 0 Å². The standard InChI is InChI=1S/C19H21NO3/c1-23-18(21)12-11-16-9-5-6-10-17(16)19(22)20-14-13-15-7-3-2-4-8-15/h2-10H,11-14H2,1H3,(H,20,22). The number of benzene rings is 2. The highest BCUT2D eigenvalue weighted by atomic mass is 16.5. The van der Waals surface area contributed by atoms with E-state index in [9.17, 15) is 9.59 Å². The van der Waals surface area contributed by atoms with Crippen LogP contribution < -0.4 is 5.32 Å². The van der Waals surface area contributed by atoms with Crippen molar-refractivity contribution in [2.24, 2.45) is 0 Å². The van der Waals surface area contributed by atoms with Crippen LogP contribution in [0.15, 0.2) is 54.6 Å². The fraction of sp³-hybridized carbons (Fsp3) is 0.263. The summed E-state index contributed by atoms with van der Waals surface area (Å²) in [5.41, 5.74) is 2.66. The van der Waals surface area contributed by atoms with Crippen molar-refractivity contribution in [3.63, 3.8) is 0 Å². The lowest BCUT2D eigenvalue weighted by molar-refractivity contribution is -0.140. The van der Waals surface area contributed by atoms with E-state index in [4.69, 9.17) is 0 Å². The molecule has 0 fully saturated rings. The van der Waals surface area contributed by atoms with E-state index in [1.807, 2.05) is 48.5 Å². The molecule has 0 saturated carbocycles. The molecule has 0 aromatic heterocycles. The molecule has 120 valence electrons. The van der Waals surface area contributed by atoms with Crippen LogP contribution in [0.5, 0.6) is 0 Å². The van der Waals surface area contributed by atoms with Crippen LogP contribution >= 0.6 is 0 Å². The molecule has 0 bridgehead atoms. The molecule has 0 aliphatic carbocycles. The number of hydrogen-bond acceptors (Lipinski definition) is 3. The summed E-state index contributed by atoms with van der Waals surface area (Å²) in [4.78, 5) is 23.6. The normalized spacial score (nSPS) is 10.1. The molecule has 0 unspecified atom stereocenters. The molecule has 2 aromatic rings. The third-order valence-corrected chi connectivity index (χ3v) is 3.63. The predicted molar refractivity (Wildman–Crippen MR) is 89.3 cm³/mol. The molecule has 2 aromatic carbocycles. The fourth-order valence-corrected chi connectivity index (χ4v) is 2.36. The van der Waals surface area contributed by atoms with E-state index >= 15 is 0 Å². The van der Waals surface area contributed by atoms with Crippen LogP contribution in [0.3, 0.4) is 0 Å². The number of aryl methyl sites for hydroxylation is 1. The lowest BCUT2D eigenvalue weighted by atomic mass is 10.0. The lowest BCUT2D eigenvalue weighted by Crippen LogP contribution is -2.26. The second kappa shape index (κ2) is 8.73. The van der Waals surface area contributed by atoms with Crippen molar-refractivity contribution in [1.29, 1.82) is 0 Å². The number of hydrogen-bond donors (Lipinski definition) is 1. The zero-order chi connectivity index (χ0) is 16.5. The highest BCUT2D eigenvalue weighted by molar-refractivity contribution is 5.95. The molecular weight excluding hydrogens is 290 g/mol. The Bertz CT molecular complexity index is 653. The van der Waals surface area contributed by atoms with Gasteiger partial charge >= 0.3 is 5.97 Å². The first kappa shape index (κ1) is 16.7. The number of rotatable bonds is 7. The zero-order valence-electron chi connectivity index (χ0n) is 13.2. The molecule has 2 rings (SSSR count). The van der Waals surface area contributed by atoms with Crippen molar-refractivity contribution < 1.29 is 14.3 Å². The molecule has 0 spiro atoms. The van der Waals surface area contributed by atoms with Gasteiger partial charge in [-0.1, -0.05) is 48.5 Å². The van der Waals surface area contributed by atoms with Crippen LogP contribution in [0, 0.1) is 0 Å². The van der Waals surface area contributed by atoms with Gasteiger partial charge in [-0.2, -0.15) is 0 Å². The molecule has 0 atom stereocenters. The maximum Gasteiger partial charge on any atom is 0.305 e. The van der Waals surface area contributed by atoms with E-state index in [-0.39, 0.29) is 18.3 Å². The Balaban J connectivity index is 1.92. The molecule has 0 saturated heterocycles. The second-order valence-electron chi connectivity index (χ2n) is 5.22. The van der Waals surface area contributed by atoms with Gasteiger partial charge in [0.05, 0.1) is 7.11 Å². The Labute approximate surface area is 136 Å². The minimum atomic E-state index is -0.274. The summed E-state index contributed by atoms with van der Waals surface area (Å²) >= 11 is 0. The van der Waals surface area contributed by atoms with Crippen molar-refractivity contribution in [2.45, 2.75) is 19.3 Å². The quantitative estimate of drug-likeness (QED) is 0.800. The largest absolute Gasteiger partial charge is 0.469 e. The molecular formula is C19H21NO3. The molecule has 0 aliphatic heterocycles. The van der Waals surface area contributed by atoms with Crippen molar-refractivity contribution in [1.82, 2.24) is 5.32 Å². The van der Waals surface area contributed by atoms with Crippen LogP contribution in [0.4, 0.5) is 0 Å². The molecule has 1 amide bonds. The zero-order valence-corrected chi connectivity index (χ0v) is 13.2. The van der Waals surface area contributed by atoms with Gasteiger partial charge in [-0.25, -0.2) is 0 Å². The van der Waals surface area contributed by atoms with Gasteiger partial charge in [0.1, 0.15) is 0 Å². The van der Waals surface area contributed by atoms with Crippen molar-refractivity contribution in [2.75, 3.05) is 13.7 Å². The van der Waals surface area contributed by atoms with Gasteiger partial charge in [0, 0.05) is 18.5 Å². The van der Waals surface area contributed by atoms with Crippen LogP contribution in [0.1, 0.15) is 27.9 Å². The van der Waals surface area contributed by atoms with Gasteiger partial charge < -0.3 is 10.1 Å². The Hall–Kier alpha value is -2.62. The van der Waals surface area contributed by atoms with Gasteiger partial charge in [-0.3, -0.25) is 9.59 Å². The highest BCUT2D eigenvalue weighted by Crippen LogP contribution is 2.11. The molecule has 1 N–H and O–H groups in total. The SMILES string of the molecule is COC(=O)CCc1ccccc1C(=O)NCCc1ccccc1. The number of carbonyl (C=O) groups is 2. The maximum atomic E-state index is 12.3. The number of methoxy groups -OCH3 is 1. The molecule has 0 heterocycles. The number of carbonyl (C=O) groups excluding carboxylic acids is 2. The van der Waals surface area contributed by atoms with Crippen LogP contribution in [0.25, 0.3) is 0 Å². The van der Waals surface area contributed by atoms with Crippen LogP contribution in [0.2, 0.25) is 0 Å². The van der Waals surface area contributed by atoms with E-state index in [1.165, 1.54) is 12.7 Å². The summed E-state index contributed by atoms with van der Waals surface area (Å²) in [6, 6.07) is 17.4. The Kier molecular flexibility index (Phi) is 6.36. The van der Waals surface area contributed by atoms with E-state index < -0.39 is 0 Å². The molecule has 4 heteroatoms. The van der Waals surface area contributed by atoms with Crippen LogP contribution in [-0.4, -0.2) is 25.5 Å². The van der Waals surface area contributed by atoms with Crippen molar-refractivity contribution in [3.8, 4) is 0 Å². The number of amides is 1. The van der Waals surface area contributed by atoms with E-state index in [2.05, 4.69) is 10.1 Å². The minimum absolute atomic E-state index is 0.110. The highest BCUT2D eigenvalue weighted by Gasteiger charge is 2.11. The molecule has 0 radical (unpaired) electrons. The van der Waals surface area contributed by atoms with E-state index in [1.54, 1.807) is 6.07 Å². The van der Waals surface area contributed by atoms with Crippen molar-refractivity contribution in [3.05, 3.63) is 71.3 Å². The predicted octanol–water partition coefficient (Wildman–Crippen LogP) is 2.76.